The van der Waals surface area contributed by atoms with Crippen molar-refractivity contribution >= 4 is 23.7 Å². The molecule has 2 aliphatic rings. The van der Waals surface area contributed by atoms with Crippen molar-refractivity contribution in [3.63, 3.8) is 0 Å². The molecule has 0 spiro atoms. The Labute approximate surface area is 180 Å². The van der Waals surface area contributed by atoms with Crippen LogP contribution in [-0.4, -0.2) is 59.2 Å². The zero-order valence-corrected chi connectivity index (χ0v) is 17.2. The Kier molecular flexibility index (Phi) is 6.11. The smallest absolute Gasteiger partial charge is 0.330 e. The summed E-state index contributed by atoms with van der Waals surface area (Å²) in [6.45, 7) is 0.914. The van der Waals surface area contributed by atoms with Gasteiger partial charge < -0.3 is 9.64 Å². The van der Waals surface area contributed by atoms with Crippen molar-refractivity contribution in [1.29, 1.82) is 0 Å². The summed E-state index contributed by atoms with van der Waals surface area (Å²) in [6.07, 6.45) is 3.07. The van der Waals surface area contributed by atoms with Crippen molar-refractivity contribution in [2.75, 3.05) is 19.7 Å². The third kappa shape index (κ3) is 4.35. The highest BCUT2D eigenvalue weighted by atomic mass is 16.5. The Morgan fingerprint density at radius 3 is 2.03 bits per heavy atom. The molecule has 1 atom stereocenters. The number of benzene rings is 2. The number of esters is 1. The summed E-state index contributed by atoms with van der Waals surface area (Å²) < 4.78 is 5.32. The second-order valence-corrected chi connectivity index (χ2v) is 7.78. The van der Waals surface area contributed by atoms with E-state index in [4.69, 9.17) is 4.74 Å². The number of hydrogen-bond acceptors (Lipinski definition) is 5. The van der Waals surface area contributed by atoms with Gasteiger partial charge in [-0.3, -0.25) is 19.3 Å². The molecule has 31 heavy (non-hydrogen) atoms. The maximum Gasteiger partial charge on any atom is 0.330 e. The molecule has 2 aromatic rings. The highest BCUT2D eigenvalue weighted by Gasteiger charge is 2.43. The van der Waals surface area contributed by atoms with Gasteiger partial charge in [0.25, 0.3) is 17.7 Å². The molecule has 1 saturated heterocycles. The van der Waals surface area contributed by atoms with Gasteiger partial charge in [-0.05, 0) is 37.0 Å². The minimum Gasteiger partial charge on any atom is -0.454 e. The molecule has 0 aromatic heterocycles. The van der Waals surface area contributed by atoms with Crippen LogP contribution in [0.15, 0.2) is 54.6 Å². The summed E-state index contributed by atoms with van der Waals surface area (Å²) in [5.41, 5.74) is 1.31. The fourth-order valence-electron chi connectivity index (χ4n) is 4.07. The maximum atomic E-state index is 13.0. The van der Waals surface area contributed by atoms with E-state index in [1.807, 2.05) is 30.3 Å². The molecular formula is C24H24N2O5. The summed E-state index contributed by atoms with van der Waals surface area (Å²) in [5, 5.41) is 0. The number of nitrogens with zero attached hydrogens (tertiary/aromatic N) is 2. The Bertz CT molecular complexity index is 963. The van der Waals surface area contributed by atoms with Gasteiger partial charge in [0, 0.05) is 19.5 Å². The molecule has 160 valence electrons. The molecule has 3 amide bonds. The molecule has 0 bridgehead atoms. The molecule has 1 fully saturated rings. The average Bonchev–Trinajstić information content (AvgIpc) is 3.07. The molecule has 0 N–H and O–H groups in total. The van der Waals surface area contributed by atoms with Gasteiger partial charge in [0.1, 0.15) is 6.04 Å². The summed E-state index contributed by atoms with van der Waals surface area (Å²) in [4.78, 5) is 54.0. The Hall–Kier alpha value is -3.48. The van der Waals surface area contributed by atoms with E-state index in [1.54, 1.807) is 29.2 Å². The number of hydrogen-bond donors (Lipinski definition) is 0. The van der Waals surface area contributed by atoms with Crippen LogP contribution in [-0.2, 0) is 20.7 Å². The lowest BCUT2D eigenvalue weighted by Gasteiger charge is -2.28. The fourth-order valence-corrected chi connectivity index (χ4v) is 4.07. The number of likely N-dealkylation sites (tertiary alicyclic amines) is 1. The zero-order valence-electron chi connectivity index (χ0n) is 17.2. The molecule has 7 heteroatoms. The quantitative estimate of drug-likeness (QED) is 0.530. The highest BCUT2D eigenvalue weighted by Crippen LogP contribution is 2.26. The zero-order chi connectivity index (χ0) is 21.8. The molecule has 2 heterocycles. The van der Waals surface area contributed by atoms with Crippen LogP contribution in [0.5, 0.6) is 0 Å². The van der Waals surface area contributed by atoms with Crippen LogP contribution in [0.4, 0.5) is 0 Å². The number of rotatable bonds is 6. The first-order valence-corrected chi connectivity index (χ1v) is 10.5. The number of imide groups is 1. The molecule has 0 radical (unpaired) electrons. The van der Waals surface area contributed by atoms with Crippen molar-refractivity contribution < 1.29 is 23.9 Å². The third-order valence-corrected chi connectivity index (χ3v) is 5.73. The average molecular weight is 420 g/mol. The van der Waals surface area contributed by atoms with E-state index >= 15 is 0 Å². The van der Waals surface area contributed by atoms with Gasteiger partial charge in [-0.25, -0.2) is 4.79 Å². The number of fused-ring (bicyclic) bond motifs is 1. The molecule has 7 nitrogen and oxygen atoms in total. The molecule has 0 aliphatic carbocycles. The van der Waals surface area contributed by atoms with E-state index in [0.717, 1.165) is 29.7 Å². The summed E-state index contributed by atoms with van der Waals surface area (Å²) in [5.74, 6) is -2.07. The van der Waals surface area contributed by atoms with Crippen molar-refractivity contribution in [2.24, 2.45) is 0 Å². The van der Waals surface area contributed by atoms with Crippen LogP contribution in [0, 0.1) is 0 Å². The van der Waals surface area contributed by atoms with Crippen LogP contribution in [0.2, 0.25) is 0 Å². The van der Waals surface area contributed by atoms with Gasteiger partial charge in [0.15, 0.2) is 6.61 Å². The van der Waals surface area contributed by atoms with Crippen molar-refractivity contribution in [2.45, 2.75) is 31.7 Å². The summed E-state index contributed by atoms with van der Waals surface area (Å²) >= 11 is 0. The normalized spacial score (nSPS) is 16.8. The van der Waals surface area contributed by atoms with E-state index in [1.165, 1.54) is 0 Å². The standard InChI is InChI=1S/C24H24N2O5/c27-21(25-13-7-2-8-14-25)16-31-24(30)20(15-17-9-3-1-4-10-17)26-22(28)18-11-5-6-12-19(18)23(26)29/h1,3-6,9-12,20H,2,7-8,13-16H2/t20-/m0/s1. The number of carbonyl (C=O) groups is 4. The van der Waals surface area contributed by atoms with Gasteiger partial charge in [0.2, 0.25) is 0 Å². The van der Waals surface area contributed by atoms with Gasteiger partial charge in [-0.1, -0.05) is 42.5 Å². The van der Waals surface area contributed by atoms with E-state index in [0.29, 0.717) is 13.1 Å². The van der Waals surface area contributed by atoms with Crippen LogP contribution in [0.1, 0.15) is 45.5 Å². The van der Waals surface area contributed by atoms with Gasteiger partial charge in [0.05, 0.1) is 11.1 Å². The largest absolute Gasteiger partial charge is 0.454 e. The van der Waals surface area contributed by atoms with E-state index in [9.17, 15) is 19.2 Å². The third-order valence-electron chi connectivity index (χ3n) is 5.73. The van der Waals surface area contributed by atoms with Crippen LogP contribution in [0.25, 0.3) is 0 Å². The Balaban J connectivity index is 1.53. The van der Waals surface area contributed by atoms with Crippen LogP contribution in [0.3, 0.4) is 0 Å². The second-order valence-electron chi connectivity index (χ2n) is 7.78. The topological polar surface area (TPSA) is 84.0 Å². The lowest BCUT2D eigenvalue weighted by Crippen LogP contribution is -2.48. The van der Waals surface area contributed by atoms with Gasteiger partial charge in [-0.15, -0.1) is 0 Å². The maximum absolute atomic E-state index is 13.0. The van der Waals surface area contributed by atoms with E-state index in [-0.39, 0.29) is 23.5 Å². The minimum absolute atomic E-state index is 0.114. The number of ether oxygens (including phenoxy) is 1. The Morgan fingerprint density at radius 1 is 0.839 bits per heavy atom. The first-order valence-electron chi connectivity index (χ1n) is 10.5. The molecule has 4 rings (SSSR count). The molecule has 0 saturated carbocycles. The molecular weight excluding hydrogens is 396 g/mol. The van der Waals surface area contributed by atoms with Crippen molar-refractivity contribution in [1.82, 2.24) is 9.80 Å². The van der Waals surface area contributed by atoms with Crippen LogP contribution < -0.4 is 0 Å². The lowest BCUT2D eigenvalue weighted by molar-refractivity contribution is -0.155. The Morgan fingerprint density at radius 2 is 1.42 bits per heavy atom. The fraction of sp³-hybridized carbons (Fsp3) is 0.333. The summed E-state index contributed by atoms with van der Waals surface area (Å²) in [6, 6.07) is 14.5. The van der Waals surface area contributed by atoms with Crippen molar-refractivity contribution in [3.05, 3.63) is 71.3 Å². The second kappa shape index (κ2) is 9.12. The molecule has 2 aromatic carbocycles. The van der Waals surface area contributed by atoms with E-state index in [2.05, 4.69) is 0 Å². The molecule has 2 aliphatic heterocycles. The summed E-state index contributed by atoms with van der Waals surface area (Å²) in [7, 11) is 0. The minimum atomic E-state index is -1.15. The number of piperidine rings is 1. The highest BCUT2D eigenvalue weighted by molar-refractivity contribution is 6.22. The molecule has 0 unspecified atom stereocenters. The van der Waals surface area contributed by atoms with Gasteiger partial charge >= 0.3 is 5.97 Å². The first-order chi connectivity index (χ1) is 15.1. The van der Waals surface area contributed by atoms with Crippen LogP contribution >= 0.6 is 0 Å². The predicted molar refractivity (Wildman–Crippen MR) is 112 cm³/mol. The lowest BCUT2D eigenvalue weighted by atomic mass is 10.0. The number of carbonyl (C=O) groups excluding carboxylic acids is 4. The SMILES string of the molecule is O=C(OCC(=O)N1CCCCC1)[C@H](Cc1ccccc1)N1C(=O)c2ccccc2C1=O. The predicted octanol–water partition coefficient (Wildman–Crippen LogP) is 2.45. The monoisotopic (exact) mass is 420 g/mol. The van der Waals surface area contributed by atoms with E-state index < -0.39 is 30.4 Å². The van der Waals surface area contributed by atoms with Crippen molar-refractivity contribution in [3.8, 4) is 0 Å². The van der Waals surface area contributed by atoms with Gasteiger partial charge in [-0.2, -0.15) is 0 Å². The first kappa shape index (κ1) is 20.8. The number of amides is 3.